The Bertz CT molecular complexity index is 1280. The van der Waals surface area contributed by atoms with E-state index in [1.807, 2.05) is 30.5 Å². The molecule has 4 aromatic rings. The zero-order valence-corrected chi connectivity index (χ0v) is 18.1. The van der Waals surface area contributed by atoms with Crippen molar-refractivity contribution in [2.75, 3.05) is 12.4 Å². The summed E-state index contributed by atoms with van der Waals surface area (Å²) in [6.45, 7) is 1.57. The Kier molecular flexibility index (Phi) is 5.30. The highest BCUT2D eigenvalue weighted by Crippen LogP contribution is 2.33. The van der Waals surface area contributed by atoms with E-state index in [-0.39, 0.29) is 18.0 Å². The maximum atomic E-state index is 11.3. The number of hydrogen-bond acceptors (Lipinski definition) is 7. The molecule has 1 amide bonds. The van der Waals surface area contributed by atoms with Crippen LogP contribution >= 0.6 is 0 Å². The zero-order valence-electron chi connectivity index (χ0n) is 18.1. The van der Waals surface area contributed by atoms with Crippen molar-refractivity contribution in [1.82, 2.24) is 29.9 Å². The van der Waals surface area contributed by atoms with Gasteiger partial charge in [-0.25, -0.2) is 4.52 Å². The topological polar surface area (TPSA) is 106 Å². The summed E-state index contributed by atoms with van der Waals surface area (Å²) in [4.78, 5) is 24.7. The Labute approximate surface area is 185 Å². The lowest BCUT2D eigenvalue weighted by atomic mass is 9.91. The molecule has 0 bridgehead atoms. The van der Waals surface area contributed by atoms with Crippen LogP contribution in [0.25, 0.3) is 27.7 Å². The molecule has 1 saturated carbocycles. The maximum Gasteiger partial charge on any atom is 0.244 e. The fourth-order valence-corrected chi connectivity index (χ4v) is 4.41. The number of ether oxygens (including phenoxy) is 1. The molecular formula is C23H25N7O2. The van der Waals surface area contributed by atoms with E-state index >= 15 is 0 Å². The summed E-state index contributed by atoms with van der Waals surface area (Å²) in [5.41, 5.74) is 4.45. The van der Waals surface area contributed by atoms with Gasteiger partial charge in [0.25, 0.3) is 0 Å². The van der Waals surface area contributed by atoms with Crippen LogP contribution in [0.4, 0.5) is 5.95 Å². The molecule has 0 atom stereocenters. The molecule has 5 rings (SSSR count). The van der Waals surface area contributed by atoms with Gasteiger partial charge in [0, 0.05) is 43.2 Å². The highest BCUT2D eigenvalue weighted by molar-refractivity contribution is 5.89. The first-order valence-corrected chi connectivity index (χ1v) is 10.8. The molecule has 2 N–H and O–H groups in total. The van der Waals surface area contributed by atoms with Crippen LogP contribution in [0, 0.1) is 0 Å². The molecule has 0 unspecified atom stereocenters. The standard InChI is InChI=1S/C23H25N7O2/c1-14(31)26-16-4-6-17(7-5-16)27-23-28-22(32-2)21-18(9-12-30(21)29-23)15-3-8-19-20(13-15)25-11-10-24-19/h3,8-13,16-17H,4-7H2,1-2H3,(H,26,31)(H,27,29)/t16-,17+. The van der Waals surface area contributed by atoms with Crippen LogP contribution in [0.5, 0.6) is 5.88 Å². The van der Waals surface area contributed by atoms with E-state index in [1.54, 1.807) is 30.9 Å². The monoisotopic (exact) mass is 431 g/mol. The SMILES string of the molecule is COc1nc(N[C@H]2CC[C@@H](NC(C)=O)CC2)nn2ccc(-c3ccc4nccnc4c3)c12. The smallest absolute Gasteiger partial charge is 0.244 e. The van der Waals surface area contributed by atoms with Crippen molar-refractivity contribution in [1.29, 1.82) is 0 Å². The summed E-state index contributed by atoms with van der Waals surface area (Å²) >= 11 is 0. The number of benzene rings is 1. The van der Waals surface area contributed by atoms with E-state index in [1.165, 1.54) is 0 Å². The summed E-state index contributed by atoms with van der Waals surface area (Å²) < 4.78 is 7.44. The number of methoxy groups -OCH3 is 1. The summed E-state index contributed by atoms with van der Waals surface area (Å²) in [6.07, 6.45) is 9.06. The number of hydrogen-bond donors (Lipinski definition) is 2. The number of nitrogens with one attached hydrogen (secondary N) is 2. The van der Waals surface area contributed by atoms with E-state index in [2.05, 4.69) is 30.7 Å². The van der Waals surface area contributed by atoms with Crippen molar-refractivity contribution >= 4 is 28.4 Å². The third-order valence-corrected chi connectivity index (χ3v) is 5.92. The van der Waals surface area contributed by atoms with Crippen LogP contribution < -0.4 is 15.4 Å². The Hall–Kier alpha value is -3.75. The molecule has 1 fully saturated rings. The molecule has 9 heteroatoms. The Morgan fingerprint density at radius 1 is 1.06 bits per heavy atom. The molecule has 0 saturated heterocycles. The molecule has 1 aliphatic carbocycles. The molecule has 1 aliphatic rings. The predicted molar refractivity (Wildman–Crippen MR) is 122 cm³/mol. The Morgan fingerprint density at radius 2 is 1.81 bits per heavy atom. The number of carbonyl (C=O) groups excluding carboxylic acids is 1. The minimum atomic E-state index is 0.0294. The lowest BCUT2D eigenvalue weighted by molar-refractivity contribution is -0.119. The number of amides is 1. The fourth-order valence-electron chi connectivity index (χ4n) is 4.41. The van der Waals surface area contributed by atoms with Crippen molar-refractivity contribution in [3.63, 3.8) is 0 Å². The third-order valence-electron chi connectivity index (χ3n) is 5.92. The second kappa shape index (κ2) is 8.41. The van der Waals surface area contributed by atoms with E-state index in [9.17, 15) is 4.79 Å². The van der Waals surface area contributed by atoms with Gasteiger partial charge in [0.2, 0.25) is 17.7 Å². The molecule has 3 heterocycles. The van der Waals surface area contributed by atoms with Crippen LogP contribution in [0.3, 0.4) is 0 Å². The summed E-state index contributed by atoms with van der Waals surface area (Å²) in [6, 6.07) is 8.51. The van der Waals surface area contributed by atoms with Gasteiger partial charge >= 0.3 is 0 Å². The highest BCUT2D eigenvalue weighted by Gasteiger charge is 2.23. The number of fused-ring (bicyclic) bond motifs is 2. The van der Waals surface area contributed by atoms with Crippen molar-refractivity contribution < 1.29 is 9.53 Å². The molecular weight excluding hydrogens is 406 g/mol. The summed E-state index contributed by atoms with van der Waals surface area (Å²) in [7, 11) is 1.62. The summed E-state index contributed by atoms with van der Waals surface area (Å²) in [5.74, 6) is 1.07. The van der Waals surface area contributed by atoms with E-state index < -0.39 is 0 Å². The normalized spacial score (nSPS) is 18.6. The Morgan fingerprint density at radius 3 is 2.56 bits per heavy atom. The highest BCUT2D eigenvalue weighted by atomic mass is 16.5. The van der Waals surface area contributed by atoms with E-state index in [0.717, 1.165) is 53.4 Å². The quantitative estimate of drug-likeness (QED) is 0.500. The van der Waals surface area contributed by atoms with Crippen LogP contribution in [-0.4, -0.2) is 49.7 Å². The van der Waals surface area contributed by atoms with Gasteiger partial charge in [0.05, 0.1) is 18.1 Å². The first-order chi connectivity index (χ1) is 15.6. The second-order valence-corrected chi connectivity index (χ2v) is 8.12. The Balaban J connectivity index is 1.41. The fraction of sp³-hybridized carbons (Fsp3) is 0.348. The average Bonchev–Trinajstić information content (AvgIpc) is 3.23. The third kappa shape index (κ3) is 3.93. The van der Waals surface area contributed by atoms with Gasteiger partial charge in [-0.05, 0) is 49.4 Å². The molecule has 0 radical (unpaired) electrons. The van der Waals surface area contributed by atoms with Crippen molar-refractivity contribution in [2.45, 2.75) is 44.7 Å². The van der Waals surface area contributed by atoms with Crippen LogP contribution in [-0.2, 0) is 4.79 Å². The average molecular weight is 432 g/mol. The van der Waals surface area contributed by atoms with Gasteiger partial charge in [-0.1, -0.05) is 6.07 Å². The lowest BCUT2D eigenvalue weighted by Gasteiger charge is -2.29. The van der Waals surface area contributed by atoms with E-state index in [0.29, 0.717) is 11.8 Å². The van der Waals surface area contributed by atoms with Crippen molar-refractivity contribution in [3.8, 4) is 17.0 Å². The van der Waals surface area contributed by atoms with Gasteiger partial charge in [-0.15, -0.1) is 5.10 Å². The first kappa shape index (κ1) is 20.2. The van der Waals surface area contributed by atoms with Gasteiger partial charge in [-0.3, -0.25) is 14.8 Å². The van der Waals surface area contributed by atoms with Crippen molar-refractivity contribution in [3.05, 3.63) is 42.9 Å². The van der Waals surface area contributed by atoms with Gasteiger partial charge < -0.3 is 15.4 Å². The van der Waals surface area contributed by atoms with Crippen molar-refractivity contribution in [2.24, 2.45) is 0 Å². The van der Waals surface area contributed by atoms with Crippen LogP contribution in [0.15, 0.2) is 42.9 Å². The molecule has 3 aromatic heterocycles. The van der Waals surface area contributed by atoms with Gasteiger partial charge in [-0.2, -0.15) is 4.98 Å². The van der Waals surface area contributed by atoms with Crippen LogP contribution in [0.1, 0.15) is 32.6 Å². The minimum Gasteiger partial charge on any atom is -0.479 e. The summed E-state index contributed by atoms with van der Waals surface area (Å²) in [5, 5.41) is 11.1. The van der Waals surface area contributed by atoms with Gasteiger partial charge in [0.15, 0.2) is 0 Å². The zero-order chi connectivity index (χ0) is 22.1. The number of anilines is 1. The number of rotatable bonds is 5. The number of nitrogens with zero attached hydrogens (tertiary/aromatic N) is 5. The molecule has 9 nitrogen and oxygen atoms in total. The molecule has 0 spiro atoms. The lowest BCUT2D eigenvalue weighted by Crippen LogP contribution is -2.39. The molecule has 164 valence electrons. The molecule has 1 aromatic carbocycles. The van der Waals surface area contributed by atoms with E-state index in [4.69, 9.17) is 4.74 Å². The number of carbonyl (C=O) groups is 1. The predicted octanol–water partition coefficient (Wildman–Crippen LogP) is 3.21. The molecule has 0 aliphatic heterocycles. The molecule has 32 heavy (non-hydrogen) atoms. The maximum absolute atomic E-state index is 11.3. The van der Waals surface area contributed by atoms with Crippen LogP contribution in [0.2, 0.25) is 0 Å². The largest absolute Gasteiger partial charge is 0.479 e. The van der Waals surface area contributed by atoms with Gasteiger partial charge in [0.1, 0.15) is 5.52 Å². The number of aromatic nitrogens is 5. The second-order valence-electron chi connectivity index (χ2n) is 8.12. The first-order valence-electron chi connectivity index (χ1n) is 10.8. The minimum absolute atomic E-state index is 0.0294.